The number of hydrogen-bond acceptors (Lipinski definition) is 5. The first-order valence-electron chi connectivity index (χ1n) is 5.78. The summed E-state index contributed by atoms with van der Waals surface area (Å²) in [6, 6.07) is 1.81. The number of hydrogen-bond donors (Lipinski definition) is 0. The maximum Gasteiger partial charge on any atom is 0.361 e. The molecule has 2 rings (SSSR count). The summed E-state index contributed by atoms with van der Waals surface area (Å²) in [5.41, 5.74) is 1.64. The van der Waals surface area contributed by atoms with Gasteiger partial charge >= 0.3 is 5.97 Å². The Labute approximate surface area is 104 Å². The molecule has 0 bridgehead atoms. The van der Waals surface area contributed by atoms with Gasteiger partial charge in [-0.15, -0.1) is 5.10 Å². The largest absolute Gasteiger partial charge is 0.461 e. The number of nitrogens with zero attached hydrogens (tertiary/aromatic N) is 5. The van der Waals surface area contributed by atoms with E-state index in [4.69, 9.17) is 4.74 Å². The zero-order chi connectivity index (χ0) is 13.1. The van der Waals surface area contributed by atoms with E-state index in [1.165, 1.54) is 0 Å². The van der Waals surface area contributed by atoms with Crippen molar-refractivity contribution in [2.75, 3.05) is 6.61 Å². The van der Waals surface area contributed by atoms with Gasteiger partial charge in [0.2, 0.25) is 0 Å². The van der Waals surface area contributed by atoms with E-state index in [1.54, 1.807) is 29.5 Å². The highest BCUT2D eigenvalue weighted by Crippen LogP contribution is 2.21. The number of rotatable bonds is 4. The molecule has 0 radical (unpaired) electrons. The zero-order valence-corrected chi connectivity index (χ0v) is 10.6. The van der Waals surface area contributed by atoms with Crippen molar-refractivity contribution in [1.82, 2.24) is 24.8 Å². The topological polar surface area (TPSA) is 74.8 Å². The van der Waals surface area contributed by atoms with Crippen LogP contribution in [0.1, 0.15) is 24.3 Å². The van der Waals surface area contributed by atoms with Crippen LogP contribution >= 0.6 is 0 Å². The Kier molecular flexibility index (Phi) is 3.40. The van der Waals surface area contributed by atoms with Gasteiger partial charge in [0.25, 0.3) is 0 Å². The predicted octanol–water partition coefficient (Wildman–Crippen LogP) is 0.875. The van der Waals surface area contributed by atoms with Crippen molar-refractivity contribution >= 4 is 5.97 Å². The first-order valence-corrected chi connectivity index (χ1v) is 5.78. The Bertz CT molecular complexity index is 558. The minimum Gasteiger partial charge on any atom is -0.461 e. The second kappa shape index (κ2) is 4.99. The molecule has 96 valence electrons. The van der Waals surface area contributed by atoms with E-state index in [9.17, 15) is 4.79 Å². The molecule has 0 unspecified atom stereocenters. The zero-order valence-electron chi connectivity index (χ0n) is 10.6. The van der Waals surface area contributed by atoms with Crippen LogP contribution in [0.5, 0.6) is 0 Å². The summed E-state index contributed by atoms with van der Waals surface area (Å²) in [4.78, 5) is 11.8. The quantitative estimate of drug-likeness (QED) is 0.752. The van der Waals surface area contributed by atoms with Gasteiger partial charge in [0.05, 0.1) is 12.3 Å². The number of aryl methyl sites for hydroxylation is 2. The third kappa shape index (κ3) is 1.99. The van der Waals surface area contributed by atoms with Crippen LogP contribution in [-0.4, -0.2) is 37.4 Å². The van der Waals surface area contributed by atoms with Crippen molar-refractivity contribution in [2.45, 2.75) is 20.4 Å². The molecule has 0 N–H and O–H groups in total. The van der Waals surface area contributed by atoms with Crippen molar-refractivity contribution in [3.8, 4) is 11.4 Å². The van der Waals surface area contributed by atoms with Gasteiger partial charge in [0, 0.05) is 19.8 Å². The molecule has 0 amide bonds. The lowest BCUT2D eigenvalue weighted by atomic mass is 10.2. The van der Waals surface area contributed by atoms with Gasteiger partial charge in [0.15, 0.2) is 5.69 Å². The van der Waals surface area contributed by atoms with Crippen LogP contribution < -0.4 is 0 Å². The molecule has 0 aliphatic rings. The summed E-state index contributed by atoms with van der Waals surface area (Å²) in [5.74, 6) is -0.464. The number of esters is 1. The second-order valence-electron chi connectivity index (χ2n) is 3.66. The van der Waals surface area contributed by atoms with Crippen molar-refractivity contribution < 1.29 is 9.53 Å². The van der Waals surface area contributed by atoms with E-state index in [2.05, 4.69) is 15.4 Å². The van der Waals surface area contributed by atoms with Crippen LogP contribution in [0.4, 0.5) is 0 Å². The molecule has 0 aromatic carbocycles. The highest BCUT2D eigenvalue weighted by Gasteiger charge is 2.23. The highest BCUT2D eigenvalue weighted by molar-refractivity contribution is 5.93. The normalized spacial score (nSPS) is 10.6. The van der Waals surface area contributed by atoms with E-state index >= 15 is 0 Å². The second-order valence-corrected chi connectivity index (χ2v) is 3.66. The van der Waals surface area contributed by atoms with Gasteiger partial charge in [-0.05, 0) is 19.9 Å². The SMILES string of the molecule is CCOC(=O)c1nnn(CC)c1-c1ccnn1C. The standard InChI is InChI=1S/C11H15N5O2/c1-4-16-10(8-6-7-12-15(8)3)9(13-14-16)11(17)18-5-2/h6-7H,4-5H2,1-3H3. The van der Waals surface area contributed by atoms with E-state index in [0.29, 0.717) is 18.8 Å². The minimum absolute atomic E-state index is 0.224. The van der Waals surface area contributed by atoms with Crippen LogP contribution in [0.2, 0.25) is 0 Å². The van der Waals surface area contributed by atoms with Crippen molar-refractivity contribution in [1.29, 1.82) is 0 Å². The average molecular weight is 249 g/mol. The molecule has 0 spiro atoms. The minimum atomic E-state index is -0.464. The lowest BCUT2D eigenvalue weighted by Crippen LogP contribution is -2.09. The smallest absolute Gasteiger partial charge is 0.361 e. The van der Waals surface area contributed by atoms with Crippen LogP contribution in [0.3, 0.4) is 0 Å². The fourth-order valence-corrected chi connectivity index (χ4v) is 1.73. The van der Waals surface area contributed by atoms with Crippen molar-refractivity contribution in [3.05, 3.63) is 18.0 Å². The number of aromatic nitrogens is 5. The van der Waals surface area contributed by atoms with Crippen molar-refractivity contribution in [2.24, 2.45) is 7.05 Å². The summed E-state index contributed by atoms with van der Waals surface area (Å²) in [7, 11) is 1.80. The molecule has 0 saturated carbocycles. The Morgan fingerprint density at radius 1 is 1.44 bits per heavy atom. The van der Waals surface area contributed by atoms with Crippen LogP contribution in [0, 0.1) is 0 Å². The Balaban J connectivity index is 2.53. The maximum atomic E-state index is 11.8. The van der Waals surface area contributed by atoms with Crippen LogP contribution in [-0.2, 0) is 18.3 Å². The molecule has 7 nitrogen and oxygen atoms in total. The lowest BCUT2D eigenvalue weighted by molar-refractivity contribution is 0.0520. The molecule has 0 fully saturated rings. The summed E-state index contributed by atoms with van der Waals surface area (Å²) in [5, 5.41) is 11.9. The molecule has 0 atom stereocenters. The summed E-state index contributed by atoms with van der Waals surface area (Å²) in [6.45, 7) is 4.62. The van der Waals surface area contributed by atoms with Gasteiger partial charge in [0.1, 0.15) is 5.69 Å². The Morgan fingerprint density at radius 2 is 2.22 bits per heavy atom. The number of carbonyl (C=O) groups excluding carboxylic acids is 1. The molecule has 2 heterocycles. The van der Waals surface area contributed by atoms with E-state index in [0.717, 1.165) is 5.69 Å². The summed E-state index contributed by atoms with van der Waals surface area (Å²) >= 11 is 0. The molecular formula is C11H15N5O2. The third-order valence-electron chi connectivity index (χ3n) is 2.57. The summed E-state index contributed by atoms with van der Waals surface area (Å²) < 4.78 is 8.31. The molecule has 18 heavy (non-hydrogen) atoms. The molecule has 0 aliphatic carbocycles. The monoisotopic (exact) mass is 249 g/mol. The molecule has 7 heteroatoms. The fourth-order valence-electron chi connectivity index (χ4n) is 1.73. The van der Waals surface area contributed by atoms with E-state index < -0.39 is 5.97 Å². The first-order chi connectivity index (χ1) is 8.69. The summed E-state index contributed by atoms with van der Waals surface area (Å²) in [6.07, 6.45) is 1.66. The van der Waals surface area contributed by atoms with Crippen LogP contribution in [0.25, 0.3) is 11.4 Å². The van der Waals surface area contributed by atoms with Gasteiger partial charge in [-0.25, -0.2) is 9.48 Å². The van der Waals surface area contributed by atoms with Gasteiger partial charge in [-0.2, -0.15) is 5.10 Å². The Hall–Kier alpha value is -2.18. The lowest BCUT2D eigenvalue weighted by Gasteiger charge is -2.06. The highest BCUT2D eigenvalue weighted by atomic mass is 16.5. The van der Waals surface area contributed by atoms with E-state index in [-0.39, 0.29) is 5.69 Å². The number of ether oxygens (including phenoxy) is 1. The first kappa shape index (κ1) is 12.3. The third-order valence-corrected chi connectivity index (χ3v) is 2.57. The molecule has 2 aromatic heterocycles. The van der Waals surface area contributed by atoms with Gasteiger partial charge < -0.3 is 4.74 Å². The average Bonchev–Trinajstić information content (AvgIpc) is 2.94. The van der Waals surface area contributed by atoms with E-state index in [1.807, 2.05) is 13.0 Å². The fraction of sp³-hybridized carbons (Fsp3) is 0.455. The Morgan fingerprint density at radius 3 is 2.78 bits per heavy atom. The molecule has 0 saturated heterocycles. The molecule has 0 aliphatic heterocycles. The number of carbonyl (C=O) groups is 1. The molecule has 2 aromatic rings. The van der Waals surface area contributed by atoms with Crippen LogP contribution in [0.15, 0.2) is 12.3 Å². The van der Waals surface area contributed by atoms with Crippen molar-refractivity contribution in [3.63, 3.8) is 0 Å². The van der Waals surface area contributed by atoms with Gasteiger partial charge in [-0.1, -0.05) is 5.21 Å². The maximum absolute atomic E-state index is 11.8. The van der Waals surface area contributed by atoms with Gasteiger partial charge in [-0.3, -0.25) is 4.68 Å². The predicted molar refractivity (Wildman–Crippen MR) is 63.9 cm³/mol. The molecular weight excluding hydrogens is 234 g/mol.